The Hall–Kier alpha value is -1.09. The summed E-state index contributed by atoms with van der Waals surface area (Å²) in [5.41, 5.74) is 7.14. The van der Waals surface area contributed by atoms with E-state index in [2.05, 4.69) is 11.9 Å². The largest absolute Gasteiger partial charge is 0.398 e. The highest BCUT2D eigenvalue weighted by atomic mass is 16.3. The van der Waals surface area contributed by atoms with E-state index < -0.39 is 6.10 Å². The second-order valence-corrected chi connectivity index (χ2v) is 3.87. The highest BCUT2D eigenvalue weighted by molar-refractivity contribution is 5.45. The lowest BCUT2D eigenvalue weighted by atomic mass is 10.0. The van der Waals surface area contributed by atoms with E-state index in [-0.39, 0.29) is 0 Å². The SMILES string of the molecule is CCCCCCC(O)c1cnccc1N. The van der Waals surface area contributed by atoms with Crippen molar-refractivity contribution in [2.75, 3.05) is 5.73 Å². The minimum absolute atomic E-state index is 0.462. The number of rotatable bonds is 6. The number of pyridine rings is 1. The van der Waals surface area contributed by atoms with Gasteiger partial charge in [0.05, 0.1) is 6.10 Å². The van der Waals surface area contributed by atoms with Gasteiger partial charge in [-0.25, -0.2) is 0 Å². The Labute approximate surface area is 91.3 Å². The molecule has 84 valence electrons. The van der Waals surface area contributed by atoms with E-state index in [1.165, 1.54) is 19.3 Å². The topological polar surface area (TPSA) is 59.1 Å². The van der Waals surface area contributed by atoms with Gasteiger partial charge in [0, 0.05) is 23.6 Å². The van der Waals surface area contributed by atoms with E-state index in [9.17, 15) is 5.11 Å². The summed E-state index contributed by atoms with van der Waals surface area (Å²) in [5, 5.41) is 9.88. The lowest BCUT2D eigenvalue weighted by Gasteiger charge is -2.12. The molecule has 0 saturated carbocycles. The van der Waals surface area contributed by atoms with E-state index in [0.717, 1.165) is 18.4 Å². The molecule has 0 aromatic carbocycles. The molecule has 0 aliphatic heterocycles. The van der Waals surface area contributed by atoms with Crippen molar-refractivity contribution in [2.45, 2.75) is 45.1 Å². The Morgan fingerprint density at radius 2 is 2.20 bits per heavy atom. The molecule has 3 heteroatoms. The molecule has 3 nitrogen and oxygen atoms in total. The number of nitrogen functional groups attached to an aromatic ring is 1. The third-order valence-electron chi connectivity index (χ3n) is 2.58. The zero-order valence-electron chi connectivity index (χ0n) is 9.32. The molecule has 3 N–H and O–H groups in total. The van der Waals surface area contributed by atoms with Gasteiger partial charge in [0.2, 0.25) is 0 Å². The van der Waals surface area contributed by atoms with Crippen molar-refractivity contribution < 1.29 is 5.11 Å². The summed E-state index contributed by atoms with van der Waals surface area (Å²) in [5.74, 6) is 0. The molecule has 15 heavy (non-hydrogen) atoms. The van der Waals surface area contributed by atoms with E-state index in [1.807, 2.05) is 0 Å². The lowest BCUT2D eigenvalue weighted by Crippen LogP contribution is -2.02. The van der Waals surface area contributed by atoms with E-state index in [4.69, 9.17) is 5.73 Å². The van der Waals surface area contributed by atoms with Crippen LogP contribution in [0.15, 0.2) is 18.5 Å². The summed E-state index contributed by atoms with van der Waals surface area (Å²) in [6.45, 7) is 2.18. The molecule has 0 aliphatic carbocycles. The van der Waals surface area contributed by atoms with Gasteiger partial charge in [0.25, 0.3) is 0 Å². The number of hydrogen-bond donors (Lipinski definition) is 2. The second-order valence-electron chi connectivity index (χ2n) is 3.87. The van der Waals surface area contributed by atoms with Crippen LogP contribution in [0.1, 0.15) is 50.7 Å². The van der Waals surface area contributed by atoms with Gasteiger partial charge in [-0.15, -0.1) is 0 Å². The van der Waals surface area contributed by atoms with Crippen molar-refractivity contribution in [1.82, 2.24) is 4.98 Å². The van der Waals surface area contributed by atoms with E-state index in [0.29, 0.717) is 5.69 Å². The number of unbranched alkanes of at least 4 members (excludes halogenated alkanes) is 3. The average molecular weight is 208 g/mol. The molecule has 1 unspecified atom stereocenters. The molecule has 0 radical (unpaired) electrons. The molecule has 1 heterocycles. The molecular formula is C12H20N2O. The van der Waals surface area contributed by atoms with Crippen LogP contribution in [0.4, 0.5) is 5.69 Å². The molecule has 1 rings (SSSR count). The Morgan fingerprint density at radius 1 is 1.40 bits per heavy atom. The molecule has 1 aromatic rings. The number of aromatic nitrogens is 1. The fraction of sp³-hybridized carbons (Fsp3) is 0.583. The van der Waals surface area contributed by atoms with E-state index >= 15 is 0 Å². The first-order valence-electron chi connectivity index (χ1n) is 5.63. The smallest absolute Gasteiger partial charge is 0.0825 e. The Morgan fingerprint density at radius 3 is 2.87 bits per heavy atom. The predicted octanol–water partition coefficient (Wildman–Crippen LogP) is 2.67. The van der Waals surface area contributed by atoms with Gasteiger partial charge in [-0.3, -0.25) is 4.98 Å². The highest BCUT2D eigenvalue weighted by Gasteiger charge is 2.10. The Balaban J connectivity index is 2.40. The zero-order valence-corrected chi connectivity index (χ0v) is 9.32. The van der Waals surface area contributed by atoms with Crippen molar-refractivity contribution in [3.63, 3.8) is 0 Å². The van der Waals surface area contributed by atoms with Crippen LogP contribution in [0.5, 0.6) is 0 Å². The third kappa shape index (κ3) is 3.88. The van der Waals surface area contributed by atoms with Gasteiger partial charge in [-0.2, -0.15) is 0 Å². The summed E-state index contributed by atoms with van der Waals surface area (Å²) >= 11 is 0. The van der Waals surface area contributed by atoms with E-state index in [1.54, 1.807) is 18.5 Å². The first kappa shape index (κ1) is 12.0. The molecule has 0 saturated heterocycles. The Bertz CT molecular complexity index is 289. The maximum atomic E-state index is 9.88. The first-order valence-corrected chi connectivity index (χ1v) is 5.63. The standard InChI is InChI=1S/C12H20N2O/c1-2-3-4-5-6-12(15)10-9-14-8-7-11(10)13/h7-9,12,15H,2-6H2,1H3,(H2,13,14). The fourth-order valence-electron chi connectivity index (χ4n) is 1.62. The lowest BCUT2D eigenvalue weighted by molar-refractivity contribution is 0.163. The van der Waals surface area contributed by atoms with Crippen LogP contribution in [0.25, 0.3) is 0 Å². The number of aliphatic hydroxyl groups excluding tert-OH is 1. The quantitative estimate of drug-likeness (QED) is 0.706. The Kier molecular flexibility index (Phi) is 5.12. The van der Waals surface area contributed by atoms with Crippen LogP contribution in [-0.2, 0) is 0 Å². The molecule has 0 aliphatic rings. The van der Waals surface area contributed by atoms with Crippen LogP contribution in [0, 0.1) is 0 Å². The predicted molar refractivity (Wildman–Crippen MR) is 62.4 cm³/mol. The van der Waals surface area contributed by atoms with Crippen molar-refractivity contribution in [2.24, 2.45) is 0 Å². The van der Waals surface area contributed by atoms with Crippen molar-refractivity contribution in [3.8, 4) is 0 Å². The molecular weight excluding hydrogens is 188 g/mol. The van der Waals surface area contributed by atoms with Crippen molar-refractivity contribution in [1.29, 1.82) is 0 Å². The van der Waals surface area contributed by atoms with Gasteiger partial charge in [0.1, 0.15) is 0 Å². The average Bonchev–Trinajstić information content (AvgIpc) is 2.25. The maximum absolute atomic E-state index is 9.88. The third-order valence-corrected chi connectivity index (χ3v) is 2.58. The van der Waals surface area contributed by atoms with Gasteiger partial charge in [-0.05, 0) is 12.5 Å². The van der Waals surface area contributed by atoms with Crippen LogP contribution >= 0.6 is 0 Å². The van der Waals surface area contributed by atoms with Crippen LogP contribution in [0.2, 0.25) is 0 Å². The fourth-order valence-corrected chi connectivity index (χ4v) is 1.62. The number of hydrogen-bond acceptors (Lipinski definition) is 3. The summed E-state index contributed by atoms with van der Waals surface area (Å²) in [4.78, 5) is 3.97. The van der Waals surface area contributed by atoms with Gasteiger partial charge in [0.15, 0.2) is 0 Å². The number of anilines is 1. The highest BCUT2D eigenvalue weighted by Crippen LogP contribution is 2.23. The van der Waals surface area contributed by atoms with Crippen LogP contribution in [0.3, 0.4) is 0 Å². The molecule has 0 bridgehead atoms. The summed E-state index contributed by atoms with van der Waals surface area (Å²) < 4.78 is 0. The minimum Gasteiger partial charge on any atom is -0.398 e. The zero-order chi connectivity index (χ0) is 11.1. The van der Waals surface area contributed by atoms with Crippen molar-refractivity contribution >= 4 is 5.69 Å². The molecule has 1 atom stereocenters. The summed E-state index contributed by atoms with van der Waals surface area (Å²) in [7, 11) is 0. The molecule has 0 amide bonds. The maximum Gasteiger partial charge on any atom is 0.0825 e. The van der Waals surface area contributed by atoms with Crippen molar-refractivity contribution in [3.05, 3.63) is 24.0 Å². The van der Waals surface area contributed by atoms with Gasteiger partial charge in [-0.1, -0.05) is 32.6 Å². The number of nitrogens with two attached hydrogens (primary N) is 1. The number of nitrogens with zero attached hydrogens (tertiary/aromatic N) is 1. The molecule has 0 spiro atoms. The summed E-state index contributed by atoms with van der Waals surface area (Å²) in [6.07, 6.45) is 8.27. The molecule has 0 fully saturated rings. The number of aliphatic hydroxyl groups is 1. The molecule has 1 aromatic heterocycles. The van der Waals surface area contributed by atoms with Crippen LogP contribution < -0.4 is 5.73 Å². The monoisotopic (exact) mass is 208 g/mol. The first-order chi connectivity index (χ1) is 7.25. The normalized spacial score (nSPS) is 12.7. The van der Waals surface area contributed by atoms with Crippen LogP contribution in [-0.4, -0.2) is 10.1 Å². The minimum atomic E-state index is -0.462. The van der Waals surface area contributed by atoms with Gasteiger partial charge >= 0.3 is 0 Å². The summed E-state index contributed by atoms with van der Waals surface area (Å²) in [6, 6.07) is 1.73. The second kappa shape index (κ2) is 6.40. The van der Waals surface area contributed by atoms with Gasteiger partial charge < -0.3 is 10.8 Å².